The van der Waals surface area contributed by atoms with Gasteiger partial charge in [-0.2, -0.15) is 5.26 Å². The van der Waals surface area contributed by atoms with Crippen molar-refractivity contribution in [3.05, 3.63) is 76.6 Å². The van der Waals surface area contributed by atoms with E-state index < -0.39 is 0 Å². The average Bonchev–Trinajstić information content (AvgIpc) is 2.46. The molecule has 20 heavy (non-hydrogen) atoms. The highest BCUT2D eigenvalue weighted by Crippen LogP contribution is 2.14. The van der Waals surface area contributed by atoms with E-state index in [-0.39, 0.29) is 5.82 Å². The van der Waals surface area contributed by atoms with Crippen molar-refractivity contribution in [2.45, 2.75) is 6.54 Å². The molecule has 0 aliphatic heterocycles. The first-order valence-electron chi connectivity index (χ1n) is 6.03. The predicted octanol–water partition coefficient (Wildman–Crippen LogP) is 4.13. The molecular formula is C16H12ClFN2. The zero-order chi connectivity index (χ0) is 14.4. The Morgan fingerprint density at radius 3 is 2.40 bits per heavy atom. The molecule has 0 amide bonds. The second-order valence-electron chi connectivity index (χ2n) is 4.17. The standard InChI is InChI=1S/C16H12ClFN2/c17-14-5-1-12(2-6-14)11-20-16(9-10-19)13-3-7-15(18)8-4-13/h1-9,20H,11H2/b16-9+. The molecule has 2 nitrogen and oxygen atoms in total. The molecule has 0 spiro atoms. The number of allylic oxidation sites excluding steroid dienone is 1. The van der Waals surface area contributed by atoms with Gasteiger partial charge in [0.05, 0.1) is 11.8 Å². The third-order valence-electron chi connectivity index (χ3n) is 2.76. The van der Waals surface area contributed by atoms with Crippen LogP contribution < -0.4 is 5.32 Å². The van der Waals surface area contributed by atoms with Crippen LogP contribution in [0.25, 0.3) is 5.70 Å². The van der Waals surface area contributed by atoms with Gasteiger partial charge >= 0.3 is 0 Å². The van der Waals surface area contributed by atoms with Gasteiger partial charge in [0.25, 0.3) is 0 Å². The minimum atomic E-state index is -0.303. The van der Waals surface area contributed by atoms with Gasteiger partial charge in [-0.05, 0) is 47.5 Å². The first-order valence-corrected chi connectivity index (χ1v) is 6.41. The zero-order valence-corrected chi connectivity index (χ0v) is 11.4. The Hall–Kier alpha value is -2.31. The fourth-order valence-electron chi connectivity index (χ4n) is 1.73. The predicted molar refractivity (Wildman–Crippen MR) is 78.3 cm³/mol. The van der Waals surface area contributed by atoms with Crippen molar-refractivity contribution in [3.8, 4) is 6.07 Å². The smallest absolute Gasteiger partial charge is 0.123 e. The number of nitriles is 1. The Labute approximate surface area is 122 Å². The van der Waals surface area contributed by atoms with Crippen LogP contribution in [0.5, 0.6) is 0 Å². The third-order valence-corrected chi connectivity index (χ3v) is 3.01. The van der Waals surface area contributed by atoms with E-state index in [1.54, 1.807) is 12.1 Å². The lowest BCUT2D eigenvalue weighted by atomic mass is 10.1. The topological polar surface area (TPSA) is 35.8 Å². The maximum atomic E-state index is 12.9. The van der Waals surface area contributed by atoms with Gasteiger partial charge in [-0.15, -0.1) is 0 Å². The molecule has 1 N–H and O–H groups in total. The summed E-state index contributed by atoms with van der Waals surface area (Å²) in [6.07, 6.45) is 1.41. The van der Waals surface area contributed by atoms with E-state index in [9.17, 15) is 4.39 Å². The number of nitrogens with one attached hydrogen (secondary N) is 1. The maximum Gasteiger partial charge on any atom is 0.123 e. The number of hydrogen-bond acceptors (Lipinski definition) is 2. The molecule has 2 rings (SSSR count). The quantitative estimate of drug-likeness (QED) is 0.858. The van der Waals surface area contributed by atoms with Gasteiger partial charge < -0.3 is 5.32 Å². The number of hydrogen-bond donors (Lipinski definition) is 1. The summed E-state index contributed by atoms with van der Waals surface area (Å²) >= 11 is 5.82. The number of nitrogens with zero attached hydrogens (tertiary/aromatic N) is 1. The summed E-state index contributed by atoms with van der Waals surface area (Å²) in [5, 5.41) is 12.7. The summed E-state index contributed by atoms with van der Waals surface area (Å²) in [5.41, 5.74) is 2.46. The Morgan fingerprint density at radius 2 is 1.80 bits per heavy atom. The van der Waals surface area contributed by atoms with Crippen LogP contribution in [0, 0.1) is 17.1 Å². The van der Waals surface area contributed by atoms with Crippen LogP contribution in [0.4, 0.5) is 4.39 Å². The van der Waals surface area contributed by atoms with Crippen LogP contribution in [-0.4, -0.2) is 0 Å². The maximum absolute atomic E-state index is 12.9. The largest absolute Gasteiger partial charge is 0.380 e. The van der Waals surface area contributed by atoms with Crippen LogP contribution in [-0.2, 0) is 6.54 Å². The van der Waals surface area contributed by atoms with E-state index in [4.69, 9.17) is 16.9 Å². The summed E-state index contributed by atoms with van der Waals surface area (Å²) in [5.74, 6) is -0.303. The van der Waals surface area contributed by atoms with Gasteiger partial charge in [-0.3, -0.25) is 0 Å². The monoisotopic (exact) mass is 286 g/mol. The summed E-state index contributed by atoms with van der Waals surface area (Å²) in [4.78, 5) is 0. The summed E-state index contributed by atoms with van der Waals surface area (Å²) < 4.78 is 12.9. The summed E-state index contributed by atoms with van der Waals surface area (Å²) in [7, 11) is 0. The van der Waals surface area contributed by atoms with Crippen molar-refractivity contribution >= 4 is 17.3 Å². The molecule has 0 heterocycles. The normalized spacial score (nSPS) is 10.9. The summed E-state index contributed by atoms with van der Waals surface area (Å²) in [6, 6.07) is 15.4. The lowest BCUT2D eigenvalue weighted by molar-refractivity contribution is 0.627. The molecule has 0 saturated heterocycles. The molecule has 0 atom stereocenters. The highest BCUT2D eigenvalue weighted by molar-refractivity contribution is 6.30. The van der Waals surface area contributed by atoms with Crippen molar-refractivity contribution in [2.75, 3.05) is 0 Å². The Kier molecular flexibility index (Phi) is 4.75. The minimum Gasteiger partial charge on any atom is -0.380 e. The Bertz CT molecular complexity index is 640. The van der Waals surface area contributed by atoms with Gasteiger partial charge in [0.2, 0.25) is 0 Å². The molecule has 2 aromatic rings. The van der Waals surface area contributed by atoms with E-state index in [0.29, 0.717) is 17.3 Å². The van der Waals surface area contributed by atoms with E-state index in [0.717, 1.165) is 11.1 Å². The van der Waals surface area contributed by atoms with Crippen molar-refractivity contribution in [1.29, 1.82) is 5.26 Å². The first-order chi connectivity index (χ1) is 9.69. The van der Waals surface area contributed by atoms with Crippen molar-refractivity contribution in [2.24, 2.45) is 0 Å². The Morgan fingerprint density at radius 1 is 1.15 bits per heavy atom. The molecule has 100 valence electrons. The van der Waals surface area contributed by atoms with E-state index in [1.807, 2.05) is 30.3 Å². The Balaban J connectivity index is 2.11. The van der Waals surface area contributed by atoms with Crippen molar-refractivity contribution < 1.29 is 4.39 Å². The average molecular weight is 287 g/mol. The van der Waals surface area contributed by atoms with Gasteiger partial charge in [0.15, 0.2) is 0 Å². The molecule has 0 unspecified atom stereocenters. The lowest BCUT2D eigenvalue weighted by Crippen LogP contribution is -2.11. The fraction of sp³-hybridized carbons (Fsp3) is 0.0625. The van der Waals surface area contributed by atoms with Crippen LogP contribution in [0.1, 0.15) is 11.1 Å². The van der Waals surface area contributed by atoms with Crippen LogP contribution in [0.15, 0.2) is 54.6 Å². The second kappa shape index (κ2) is 6.74. The molecule has 4 heteroatoms. The second-order valence-corrected chi connectivity index (χ2v) is 4.61. The van der Waals surface area contributed by atoms with Gasteiger partial charge in [-0.25, -0.2) is 4.39 Å². The molecule has 0 saturated carbocycles. The van der Waals surface area contributed by atoms with Crippen LogP contribution in [0.2, 0.25) is 5.02 Å². The first kappa shape index (κ1) is 14.1. The molecule has 0 bridgehead atoms. The van der Waals surface area contributed by atoms with Gasteiger partial charge in [0, 0.05) is 17.6 Å². The zero-order valence-electron chi connectivity index (χ0n) is 10.6. The van der Waals surface area contributed by atoms with E-state index in [2.05, 4.69) is 5.32 Å². The lowest BCUT2D eigenvalue weighted by Gasteiger charge is -2.10. The molecule has 0 radical (unpaired) electrons. The third kappa shape index (κ3) is 3.84. The highest BCUT2D eigenvalue weighted by Gasteiger charge is 2.02. The fourth-order valence-corrected chi connectivity index (χ4v) is 1.86. The van der Waals surface area contributed by atoms with Gasteiger partial charge in [0.1, 0.15) is 5.82 Å². The van der Waals surface area contributed by atoms with E-state index in [1.165, 1.54) is 18.2 Å². The highest BCUT2D eigenvalue weighted by atomic mass is 35.5. The van der Waals surface area contributed by atoms with Crippen molar-refractivity contribution in [1.82, 2.24) is 5.32 Å². The molecule has 0 fully saturated rings. The molecule has 2 aromatic carbocycles. The summed E-state index contributed by atoms with van der Waals surface area (Å²) in [6.45, 7) is 0.558. The molecular weight excluding hydrogens is 275 g/mol. The van der Waals surface area contributed by atoms with Crippen molar-refractivity contribution in [3.63, 3.8) is 0 Å². The molecule has 0 aliphatic rings. The number of rotatable bonds is 4. The van der Waals surface area contributed by atoms with E-state index >= 15 is 0 Å². The number of benzene rings is 2. The van der Waals surface area contributed by atoms with Gasteiger partial charge in [-0.1, -0.05) is 23.7 Å². The molecule has 0 aromatic heterocycles. The molecule has 0 aliphatic carbocycles. The van der Waals surface area contributed by atoms with Crippen LogP contribution in [0.3, 0.4) is 0 Å². The minimum absolute atomic E-state index is 0.303. The van der Waals surface area contributed by atoms with Crippen LogP contribution >= 0.6 is 11.6 Å². The SMILES string of the molecule is N#C/C=C(/NCc1ccc(Cl)cc1)c1ccc(F)cc1. The number of halogens is 2.